The van der Waals surface area contributed by atoms with Crippen molar-refractivity contribution < 1.29 is 29.2 Å². The molecule has 1 aromatic rings. The zero-order valence-corrected chi connectivity index (χ0v) is 13.0. The molecular weight excluding hydrogens is 316 g/mol. The first-order valence-corrected chi connectivity index (χ1v) is 8.29. The van der Waals surface area contributed by atoms with Crippen LogP contribution in [0.3, 0.4) is 0 Å². The Labute approximate surface area is 117 Å². The minimum atomic E-state index is -5.62. The van der Waals surface area contributed by atoms with Gasteiger partial charge in [-0.25, -0.2) is 26.0 Å². The van der Waals surface area contributed by atoms with Crippen LogP contribution in [0, 0.1) is 6.92 Å². The van der Waals surface area contributed by atoms with Crippen LogP contribution in [0.4, 0.5) is 7.77 Å². The van der Waals surface area contributed by atoms with Crippen molar-refractivity contribution in [2.45, 2.75) is 33.2 Å². The van der Waals surface area contributed by atoms with Crippen LogP contribution in [0.2, 0.25) is 0 Å². The summed E-state index contributed by atoms with van der Waals surface area (Å²) in [5, 5.41) is 0. The zero-order chi connectivity index (χ0) is 16.0. The van der Waals surface area contributed by atoms with Crippen LogP contribution < -0.4 is 4.57 Å². The van der Waals surface area contributed by atoms with E-state index in [-0.39, 0.29) is 0 Å². The maximum Gasteiger partial charge on any atom is 0.253 e. The van der Waals surface area contributed by atoms with E-state index in [1.807, 2.05) is 0 Å². The number of rotatable bonds is 5. The first-order valence-electron chi connectivity index (χ1n) is 5.61. The molecule has 118 valence electrons. The van der Waals surface area contributed by atoms with Gasteiger partial charge in [0.2, 0.25) is 20.8 Å². The van der Waals surface area contributed by atoms with Gasteiger partial charge in [0, 0.05) is 6.92 Å². The molecule has 0 bridgehead atoms. The largest absolute Gasteiger partial charge is 0.379 e. The fourth-order valence-electron chi connectivity index (χ4n) is 1.27. The molecule has 1 rings (SSSR count). The summed E-state index contributed by atoms with van der Waals surface area (Å²) in [6.07, 6.45) is 6.78. The Balaban J connectivity index is 0.000000370. The van der Waals surface area contributed by atoms with Crippen molar-refractivity contribution in [1.29, 1.82) is 0 Å². The Morgan fingerprint density at radius 3 is 2.00 bits per heavy atom. The third-order valence-electron chi connectivity index (χ3n) is 2.33. The number of hydrogen-bond acceptors (Lipinski definition) is 4. The van der Waals surface area contributed by atoms with E-state index in [2.05, 4.69) is 42.4 Å². The van der Waals surface area contributed by atoms with Gasteiger partial charge >= 0.3 is 0 Å². The third-order valence-corrected chi connectivity index (χ3v) is 3.75. The number of aryl methyl sites for hydroxylation is 2. The van der Waals surface area contributed by atoms with Crippen LogP contribution in [0.15, 0.2) is 12.4 Å². The van der Waals surface area contributed by atoms with E-state index in [9.17, 15) is 24.6 Å². The normalized spacial score (nSPS) is 11.8. The number of hydrogen-bond donors (Lipinski definition) is 0. The fourth-order valence-corrected chi connectivity index (χ4v) is 2.12. The molecule has 0 unspecified atom stereocenters. The van der Waals surface area contributed by atoms with Crippen molar-refractivity contribution in [2.24, 2.45) is 7.05 Å². The van der Waals surface area contributed by atoms with Gasteiger partial charge in [0.15, 0.2) is 0 Å². The second-order valence-electron chi connectivity index (χ2n) is 3.90. The van der Waals surface area contributed by atoms with Crippen LogP contribution in [0.5, 0.6) is 0 Å². The van der Waals surface area contributed by atoms with E-state index in [1.165, 1.54) is 18.7 Å². The highest BCUT2D eigenvalue weighted by atomic mass is 32.3. The topological polar surface area (TPSA) is 91.2 Å². The van der Waals surface area contributed by atoms with Crippen molar-refractivity contribution >= 4 is 20.8 Å². The highest BCUT2D eigenvalue weighted by Crippen LogP contribution is 2.11. The van der Waals surface area contributed by atoms with Gasteiger partial charge in [-0.05, 0) is 6.42 Å². The Kier molecular flexibility index (Phi) is 7.23. The van der Waals surface area contributed by atoms with E-state index in [4.69, 9.17) is 0 Å². The Bertz CT molecular complexity index is 596. The highest BCUT2D eigenvalue weighted by molar-refractivity contribution is 8.07. The number of halogens is 2. The monoisotopic (exact) mass is 333 g/mol. The van der Waals surface area contributed by atoms with Crippen molar-refractivity contribution in [3.05, 3.63) is 22.3 Å². The molecule has 0 fully saturated rings. The molecule has 11 heteroatoms. The van der Waals surface area contributed by atoms with Crippen LogP contribution in [0.1, 0.15) is 25.6 Å². The second-order valence-corrected chi connectivity index (χ2v) is 6.15. The number of nitrogens with zero attached hydrogens (tertiary/aromatic N) is 3. The van der Waals surface area contributed by atoms with E-state index in [1.54, 1.807) is 0 Å². The third kappa shape index (κ3) is 8.93. The van der Waals surface area contributed by atoms with Gasteiger partial charge in [-0.2, -0.15) is 0 Å². The first kappa shape index (κ1) is 18.9. The molecule has 0 aromatic carbocycles. The molecule has 1 aromatic heterocycles. The van der Waals surface area contributed by atoms with Gasteiger partial charge in [0.05, 0.1) is 13.6 Å². The molecule has 0 aliphatic heterocycles. The number of unbranched alkanes of at least 4 members (excludes halogenated alkanes) is 1. The summed E-state index contributed by atoms with van der Waals surface area (Å²) in [7, 11) is -9.16. The van der Waals surface area contributed by atoms with Gasteiger partial charge in [-0.15, -0.1) is 7.77 Å². The fraction of sp³-hybridized carbons (Fsp3) is 0.667. The predicted octanol–water partition coefficient (Wildman–Crippen LogP) is 1.21. The summed E-state index contributed by atoms with van der Waals surface area (Å²) < 4.78 is 64.5. The minimum Gasteiger partial charge on any atom is -0.379 e. The molecule has 0 saturated carbocycles. The minimum absolute atomic E-state index is 1.15. The Morgan fingerprint density at radius 2 is 1.75 bits per heavy atom. The van der Waals surface area contributed by atoms with Crippen LogP contribution in [-0.2, 0) is 34.4 Å². The highest BCUT2D eigenvalue weighted by Gasteiger charge is 2.06. The molecule has 20 heavy (non-hydrogen) atoms. The van der Waals surface area contributed by atoms with E-state index < -0.39 is 20.8 Å². The van der Waals surface area contributed by atoms with Crippen LogP contribution in [0.25, 0.3) is 4.13 Å². The van der Waals surface area contributed by atoms with E-state index in [0.29, 0.717) is 0 Å². The molecule has 0 amide bonds. The number of aromatic nitrogens is 2. The lowest BCUT2D eigenvalue weighted by Crippen LogP contribution is -2.29. The quantitative estimate of drug-likeness (QED) is 0.598. The second kappa shape index (κ2) is 7.64. The van der Waals surface area contributed by atoms with Gasteiger partial charge in [0.1, 0.15) is 12.4 Å². The molecule has 0 atom stereocenters. The SMILES string of the molecule is CCCCn1cc[n+](C)c1C.O=S(=O)(F)[N-]S(=O)(=O)F. The van der Waals surface area contributed by atoms with Crippen molar-refractivity contribution in [3.8, 4) is 0 Å². The van der Waals surface area contributed by atoms with Crippen LogP contribution >= 0.6 is 0 Å². The Morgan fingerprint density at radius 1 is 1.25 bits per heavy atom. The summed E-state index contributed by atoms with van der Waals surface area (Å²) in [4.78, 5) is 0. The zero-order valence-electron chi connectivity index (χ0n) is 11.3. The van der Waals surface area contributed by atoms with Crippen molar-refractivity contribution in [3.63, 3.8) is 0 Å². The van der Waals surface area contributed by atoms with Crippen molar-refractivity contribution in [1.82, 2.24) is 4.57 Å². The average molecular weight is 333 g/mol. The molecule has 0 radical (unpaired) electrons. The first-order chi connectivity index (χ1) is 8.96. The molecular formula is C9H17F2N3O4S2. The molecule has 0 aliphatic carbocycles. The van der Waals surface area contributed by atoms with Gasteiger partial charge in [-0.1, -0.05) is 13.3 Å². The number of imidazole rings is 1. The summed E-state index contributed by atoms with van der Waals surface area (Å²) in [5.74, 6) is 1.33. The molecule has 1 heterocycles. The predicted molar refractivity (Wildman–Crippen MR) is 68.7 cm³/mol. The van der Waals surface area contributed by atoms with Crippen molar-refractivity contribution in [2.75, 3.05) is 0 Å². The maximum atomic E-state index is 11.1. The lowest BCUT2D eigenvalue weighted by atomic mass is 10.3. The summed E-state index contributed by atoms with van der Waals surface area (Å²) >= 11 is 0. The molecule has 7 nitrogen and oxygen atoms in total. The molecule has 0 aliphatic rings. The Hall–Kier alpha value is -1.07. The van der Waals surface area contributed by atoms with Crippen LogP contribution in [-0.4, -0.2) is 21.4 Å². The lowest BCUT2D eigenvalue weighted by molar-refractivity contribution is -0.677. The lowest BCUT2D eigenvalue weighted by Gasteiger charge is -2.03. The smallest absolute Gasteiger partial charge is 0.253 e. The maximum absolute atomic E-state index is 11.1. The van der Waals surface area contributed by atoms with Gasteiger partial charge in [-0.3, -0.25) is 0 Å². The average Bonchev–Trinajstić information content (AvgIpc) is 2.53. The molecule has 0 saturated heterocycles. The van der Waals surface area contributed by atoms with E-state index in [0.717, 1.165) is 10.7 Å². The summed E-state index contributed by atoms with van der Waals surface area (Å²) in [6, 6.07) is 0. The molecule has 0 spiro atoms. The standard InChI is InChI=1S/C9H17N2.F2NO4S2/c1-4-5-6-11-8-7-10(3)9(11)2;1-8(4,5)3-9(2,6)7/h7-8H,4-6H2,1-3H3;/q+1;-1. The van der Waals surface area contributed by atoms with Gasteiger partial charge in [0.25, 0.3) is 5.82 Å². The summed E-state index contributed by atoms with van der Waals surface area (Å²) in [5.41, 5.74) is 0. The summed E-state index contributed by atoms with van der Waals surface area (Å²) in [6.45, 7) is 5.53. The van der Waals surface area contributed by atoms with E-state index >= 15 is 0 Å². The molecule has 0 N–H and O–H groups in total. The van der Waals surface area contributed by atoms with Gasteiger partial charge < -0.3 is 4.13 Å².